The van der Waals surface area contributed by atoms with Crippen molar-refractivity contribution >= 4 is 28.7 Å². The maximum Gasteiger partial charge on any atom is 0.255 e. The van der Waals surface area contributed by atoms with Crippen LogP contribution in [-0.4, -0.2) is 56.1 Å². The summed E-state index contributed by atoms with van der Waals surface area (Å²) in [6.45, 7) is 1.45. The highest BCUT2D eigenvalue weighted by molar-refractivity contribution is 7.99. The van der Waals surface area contributed by atoms with Crippen LogP contribution in [0, 0.1) is 0 Å². The third-order valence-corrected chi connectivity index (χ3v) is 6.28. The van der Waals surface area contributed by atoms with E-state index in [1.54, 1.807) is 18.0 Å². The Kier molecular flexibility index (Phi) is 3.81. The predicted octanol–water partition coefficient (Wildman–Crippen LogP) is 2.14. The summed E-state index contributed by atoms with van der Waals surface area (Å²) in [6.07, 6.45) is 6.32. The highest BCUT2D eigenvalue weighted by atomic mass is 32.2. The molecule has 23 heavy (non-hydrogen) atoms. The Bertz CT molecular complexity index is 715. The molecule has 6 heteroatoms. The van der Waals surface area contributed by atoms with Crippen LogP contribution in [0.25, 0.3) is 11.0 Å². The van der Waals surface area contributed by atoms with Gasteiger partial charge in [0, 0.05) is 36.6 Å². The van der Waals surface area contributed by atoms with Gasteiger partial charge >= 0.3 is 0 Å². The van der Waals surface area contributed by atoms with Gasteiger partial charge in [0.15, 0.2) is 5.60 Å². The number of carbonyl (C=O) groups is 1. The Morgan fingerprint density at radius 1 is 1.43 bits per heavy atom. The number of aliphatic hydroxyl groups is 1. The number of likely N-dealkylation sites (tertiary alicyclic amines) is 1. The second-order valence-electron chi connectivity index (χ2n) is 6.54. The van der Waals surface area contributed by atoms with E-state index in [1.807, 2.05) is 11.0 Å². The molecule has 2 aliphatic heterocycles. The molecular formula is C17H21N3O2S. The van der Waals surface area contributed by atoms with Gasteiger partial charge in [0.05, 0.1) is 0 Å². The van der Waals surface area contributed by atoms with Gasteiger partial charge in [-0.2, -0.15) is 11.8 Å². The number of nitrogens with one attached hydrogen (secondary N) is 1. The number of amides is 1. The third kappa shape index (κ3) is 2.64. The number of aromatic amines is 1. The highest BCUT2D eigenvalue weighted by Gasteiger charge is 2.43. The van der Waals surface area contributed by atoms with E-state index in [9.17, 15) is 9.90 Å². The van der Waals surface area contributed by atoms with Gasteiger partial charge in [-0.3, -0.25) is 4.79 Å². The maximum absolute atomic E-state index is 12.6. The number of hydrogen-bond donors (Lipinski definition) is 2. The summed E-state index contributed by atoms with van der Waals surface area (Å²) in [4.78, 5) is 22.0. The Morgan fingerprint density at radius 2 is 2.26 bits per heavy atom. The molecule has 0 spiro atoms. The van der Waals surface area contributed by atoms with Gasteiger partial charge in [-0.1, -0.05) is 0 Å². The first-order chi connectivity index (χ1) is 11.2. The first-order valence-corrected chi connectivity index (χ1v) is 9.34. The van der Waals surface area contributed by atoms with Crippen molar-refractivity contribution in [3.8, 4) is 0 Å². The summed E-state index contributed by atoms with van der Waals surface area (Å²) in [5.41, 5.74) is 1.11. The molecule has 2 saturated heterocycles. The van der Waals surface area contributed by atoms with Crippen molar-refractivity contribution in [2.24, 2.45) is 0 Å². The lowest BCUT2D eigenvalue weighted by Crippen LogP contribution is -2.51. The summed E-state index contributed by atoms with van der Waals surface area (Å²) < 4.78 is 0. The molecule has 2 fully saturated rings. The van der Waals surface area contributed by atoms with Crippen molar-refractivity contribution < 1.29 is 9.90 Å². The van der Waals surface area contributed by atoms with Crippen molar-refractivity contribution in [3.05, 3.63) is 30.1 Å². The number of rotatable bonds is 2. The van der Waals surface area contributed by atoms with Crippen molar-refractivity contribution in [1.29, 1.82) is 0 Å². The number of thioether (sulfide) groups is 1. The number of piperidine rings is 1. The van der Waals surface area contributed by atoms with Crippen LogP contribution in [0.15, 0.2) is 24.5 Å². The topological polar surface area (TPSA) is 69.2 Å². The van der Waals surface area contributed by atoms with Crippen LogP contribution in [0.4, 0.5) is 0 Å². The fourth-order valence-corrected chi connectivity index (χ4v) is 4.96. The van der Waals surface area contributed by atoms with Crippen LogP contribution >= 0.6 is 11.8 Å². The van der Waals surface area contributed by atoms with E-state index < -0.39 is 5.60 Å². The maximum atomic E-state index is 12.6. The molecule has 1 atom stereocenters. The average Bonchev–Trinajstić information content (AvgIpc) is 3.21. The minimum absolute atomic E-state index is 0.0680. The van der Waals surface area contributed by atoms with Crippen molar-refractivity contribution in [3.63, 3.8) is 0 Å². The Balaban J connectivity index is 1.46. The molecule has 0 aromatic carbocycles. The number of aromatic nitrogens is 2. The van der Waals surface area contributed by atoms with Crippen LogP contribution in [-0.2, 0) is 4.79 Å². The molecule has 0 aliphatic carbocycles. The molecule has 0 saturated carbocycles. The molecule has 2 aliphatic rings. The summed E-state index contributed by atoms with van der Waals surface area (Å²) >= 11 is 1.66. The first-order valence-electron chi connectivity index (χ1n) is 8.19. The van der Waals surface area contributed by atoms with Gasteiger partial charge in [0.1, 0.15) is 5.65 Å². The quantitative estimate of drug-likeness (QED) is 0.884. The van der Waals surface area contributed by atoms with Crippen molar-refractivity contribution in [1.82, 2.24) is 14.9 Å². The second-order valence-corrected chi connectivity index (χ2v) is 7.65. The number of pyridine rings is 1. The Labute approximate surface area is 139 Å². The fourth-order valence-electron chi connectivity index (χ4n) is 3.73. The van der Waals surface area contributed by atoms with Gasteiger partial charge in [-0.05, 0) is 48.6 Å². The number of hydrogen-bond acceptors (Lipinski definition) is 4. The Hall–Kier alpha value is -1.53. The molecule has 1 amide bonds. The standard InChI is InChI=1S/C17H21N3O2S/c21-16(17(22)5-9-23-11-17)20-7-3-12(4-8-20)14-10-19-15-13(14)2-1-6-18-15/h1-2,6,10,12,22H,3-5,7-9,11H2,(H,18,19). The number of fused-ring (bicyclic) bond motifs is 1. The zero-order valence-corrected chi connectivity index (χ0v) is 13.8. The van der Waals surface area contributed by atoms with Gasteiger partial charge < -0.3 is 15.0 Å². The second kappa shape index (κ2) is 5.83. The van der Waals surface area contributed by atoms with Crippen molar-refractivity contribution in [2.75, 3.05) is 24.6 Å². The average molecular weight is 331 g/mol. The van der Waals surface area contributed by atoms with E-state index in [0.29, 0.717) is 18.1 Å². The molecule has 2 aromatic rings. The molecule has 4 rings (SSSR count). The molecule has 0 bridgehead atoms. The van der Waals surface area contributed by atoms with E-state index >= 15 is 0 Å². The van der Waals surface area contributed by atoms with E-state index in [1.165, 1.54) is 10.9 Å². The molecule has 122 valence electrons. The van der Waals surface area contributed by atoms with Gasteiger partial charge in [0.25, 0.3) is 5.91 Å². The summed E-state index contributed by atoms with van der Waals surface area (Å²) in [7, 11) is 0. The molecular weight excluding hydrogens is 310 g/mol. The van der Waals surface area contributed by atoms with E-state index in [0.717, 1.165) is 37.3 Å². The zero-order chi connectivity index (χ0) is 15.9. The van der Waals surface area contributed by atoms with Crippen LogP contribution in [0.1, 0.15) is 30.7 Å². The highest BCUT2D eigenvalue weighted by Crippen LogP contribution is 2.35. The van der Waals surface area contributed by atoms with Crippen LogP contribution in [0.2, 0.25) is 0 Å². The van der Waals surface area contributed by atoms with Gasteiger partial charge in [0.2, 0.25) is 0 Å². The molecule has 4 heterocycles. The van der Waals surface area contributed by atoms with Gasteiger partial charge in [-0.25, -0.2) is 4.98 Å². The van der Waals surface area contributed by atoms with Crippen LogP contribution in [0.3, 0.4) is 0 Å². The smallest absolute Gasteiger partial charge is 0.255 e. The molecule has 0 radical (unpaired) electrons. The molecule has 5 nitrogen and oxygen atoms in total. The largest absolute Gasteiger partial charge is 0.379 e. The third-order valence-electron chi connectivity index (χ3n) is 5.10. The fraction of sp³-hybridized carbons (Fsp3) is 0.529. The molecule has 2 N–H and O–H groups in total. The van der Waals surface area contributed by atoms with Crippen LogP contribution in [0.5, 0.6) is 0 Å². The normalized spacial score (nSPS) is 26.0. The van der Waals surface area contributed by atoms with E-state index in [2.05, 4.69) is 22.2 Å². The summed E-state index contributed by atoms with van der Waals surface area (Å²) in [5.74, 6) is 1.80. The van der Waals surface area contributed by atoms with Crippen molar-refractivity contribution in [2.45, 2.75) is 30.8 Å². The molecule has 1 unspecified atom stereocenters. The molecule has 2 aromatic heterocycles. The summed E-state index contributed by atoms with van der Waals surface area (Å²) in [6, 6.07) is 4.07. The van der Waals surface area contributed by atoms with Crippen LogP contribution < -0.4 is 0 Å². The number of nitrogens with zero attached hydrogens (tertiary/aromatic N) is 2. The number of carbonyl (C=O) groups excluding carboxylic acids is 1. The number of H-pyrrole nitrogens is 1. The van der Waals surface area contributed by atoms with Gasteiger partial charge in [-0.15, -0.1) is 0 Å². The Morgan fingerprint density at radius 3 is 3.00 bits per heavy atom. The monoisotopic (exact) mass is 331 g/mol. The first kappa shape index (κ1) is 15.0. The minimum Gasteiger partial charge on any atom is -0.379 e. The zero-order valence-electron chi connectivity index (χ0n) is 13.0. The summed E-state index contributed by atoms with van der Waals surface area (Å²) in [5, 5.41) is 11.7. The van der Waals surface area contributed by atoms with E-state index in [4.69, 9.17) is 0 Å². The lowest BCUT2D eigenvalue weighted by Gasteiger charge is -2.36. The SMILES string of the molecule is O=C(N1CCC(c2c[nH]c3ncccc23)CC1)C1(O)CCSC1. The lowest BCUT2D eigenvalue weighted by atomic mass is 9.88. The predicted molar refractivity (Wildman–Crippen MR) is 91.5 cm³/mol. The minimum atomic E-state index is -1.12. The van der Waals surface area contributed by atoms with E-state index in [-0.39, 0.29) is 5.91 Å². The lowest BCUT2D eigenvalue weighted by molar-refractivity contribution is -0.149.